The molecule has 1 aliphatic heterocycles. The Morgan fingerprint density at radius 1 is 1.15 bits per heavy atom. The normalized spacial score (nSPS) is 14.2. The van der Waals surface area contributed by atoms with Gasteiger partial charge in [0.15, 0.2) is 0 Å². The minimum atomic E-state index is -0.282. The van der Waals surface area contributed by atoms with Gasteiger partial charge in [-0.05, 0) is 17.7 Å². The van der Waals surface area contributed by atoms with Gasteiger partial charge in [0.05, 0.1) is 0 Å². The highest BCUT2D eigenvalue weighted by Crippen LogP contribution is 2.15. The fraction of sp³-hybridized carbons (Fsp3) is 0.333. The van der Waals surface area contributed by atoms with Gasteiger partial charge in [0, 0.05) is 50.9 Å². The number of hydrogen-bond acceptors (Lipinski definition) is 5. The van der Waals surface area contributed by atoms with E-state index in [-0.39, 0.29) is 11.8 Å². The summed E-state index contributed by atoms with van der Waals surface area (Å²) in [5, 5.41) is 3.43. The van der Waals surface area contributed by atoms with E-state index >= 15 is 0 Å². The lowest BCUT2D eigenvalue weighted by Crippen LogP contribution is -2.48. The van der Waals surface area contributed by atoms with Crippen LogP contribution < -0.4 is 10.2 Å². The summed E-state index contributed by atoms with van der Waals surface area (Å²) in [6, 6.07) is 8.94. The third-order valence-corrected chi connectivity index (χ3v) is 4.65. The van der Waals surface area contributed by atoms with Crippen LogP contribution in [-0.4, -0.2) is 52.9 Å². The Balaban J connectivity index is 1.63. The summed E-state index contributed by atoms with van der Waals surface area (Å²) in [7, 11) is 0. The van der Waals surface area contributed by atoms with E-state index in [9.17, 15) is 9.59 Å². The minimum Gasteiger partial charge on any atom is -0.347 e. The van der Waals surface area contributed by atoms with E-state index in [0.717, 1.165) is 5.56 Å². The maximum Gasteiger partial charge on any atom is 0.270 e. The number of carbonyl (C=O) groups is 2. The minimum absolute atomic E-state index is 0.0678. The largest absolute Gasteiger partial charge is 0.347 e. The molecule has 0 bridgehead atoms. The second-order valence-electron chi connectivity index (χ2n) is 6.01. The van der Waals surface area contributed by atoms with Crippen LogP contribution in [0.3, 0.4) is 0 Å². The van der Waals surface area contributed by atoms with Crippen molar-refractivity contribution >= 4 is 29.4 Å². The number of anilines is 1. The monoisotopic (exact) mass is 373 g/mol. The first-order valence-electron chi connectivity index (χ1n) is 8.39. The first-order chi connectivity index (χ1) is 12.5. The fourth-order valence-electron chi connectivity index (χ4n) is 2.76. The third kappa shape index (κ3) is 4.29. The van der Waals surface area contributed by atoms with E-state index in [0.29, 0.717) is 49.4 Å². The molecule has 0 spiro atoms. The molecule has 0 atom stereocenters. The second-order valence-corrected chi connectivity index (χ2v) is 6.42. The molecular weight excluding hydrogens is 354 g/mol. The Morgan fingerprint density at radius 2 is 1.88 bits per heavy atom. The SMILES string of the molecule is CC(=O)N1CCN(c2nccc(C(=O)NCc3ccccc3Cl)n2)CC1. The highest BCUT2D eigenvalue weighted by molar-refractivity contribution is 6.31. The second kappa shape index (κ2) is 8.14. The molecule has 1 aromatic heterocycles. The highest BCUT2D eigenvalue weighted by atomic mass is 35.5. The van der Waals surface area contributed by atoms with Crippen LogP contribution in [0.2, 0.25) is 5.02 Å². The van der Waals surface area contributed by atoms with Crippen molar-refractivity contribution in [3.63, 3.8) is 0 Å². The van der Waals surface area contributed by atoms with Crippen molar-refractivity contribution in [2.45, 2.75) is 13.5 Å². The molecule has 2 aromatic rings. The van der Waals surface area contributed by atoms with E-state index in [1.54, 1.807) is 30.2 Å². The summed E-state index contributed by atoms with van der Waals surface area (Å²) < 4.78 is 0. The summed E-state index contributed by atoms with van der Waals surface area (Å²) in [5.41, 5.74) is 1.15. The van der Waals surface area contributed by atoms with Gasteiger partial charge in [-0.15, -0.1) is 0 Å². The van der Waals surface area contributed by atoms with Gasteiger partial charge in [0.1, 0.15) is 5.69 Å². The molecule has 2 amide bonds. The zero-order valence-corrected chi connectivity index (χ0v) is 15.2. The Morgan fingerprint density at radius 3 is 2.58 bits per heavy atom. The lowest BCUT2D eigenvalue weighted by molar-refractivity contribution is -0.129. The molecule has 8 heteroatoms. The van der Waals surface area contributed by atoms with Gasteiger partial charge in [0.25, 0.3) is 5.91 Å². The predicted molar refractivity (Wildman–Crippen MR) is 99.1 cm³/mol. The number of nitrogens with zero attached hydrogens (tertiary/aromatic N) is 4. The molecular formula is C18H20ClN5O2. The van der Waals surface area contributed by atoms with Gasteiger partial charge in [-0.3, -0.25) is 9.59 Å². The standard InChI is InChI=1S/C18H20ClN5O2/c1-13(25)23-8-10-24(11-9-23)18-20-7-6-16(22-18)17(26)21-12-14-4-2-3-5-15(14)19/h2-7H,8-12H2,1H3,(H,21,26). The van der Waals surface area contributed by atoms with E-state index in [1.807, 2.05) is 23.1 Å². The maximum absolute atomic E-state index is 12.4. The molecule has 0 radical (unpaired) electrons. The molecule has 0 unspecified atom stereocenters. The number of nitrogens with one attached hydrogen (secondary N) is 1. The highest BCUT2D eigenvalue weighted by Gasteiger charge is 2.21. The molecule has 1 aromatic carbocycles. The zero-order valence-electron chi connectivity index (χ0n) is 14.5. The molecule has 0 saturated carbocycles. The number of aromatic nitrogens is 2. The van der Waals surface area contributed by atoms with Crippen LogP contribution in [0.4, 0.5) is 5.95 Å². The Bertz CT molecular complexity index is 806. The first-order valence-corrected chi connectivity index (χ1v) is 8.77. The number of carbonyl (C=O) groups excluding carboxylic acids is 2. The van der Waals surface area contributed by atoms with E-state index in [4.69, 9.17) is 11.6 Å². The summed E-state index contributed by atoms with van der Waals surface area (Å²) in [4.78, 5) is 36.2. The average molecular weight is 374 g/mol. The van der Waals surface area contributed by atoms with Crippen LogP contribution in [0.5, 0.6) is 0 Å². The summed E-state index contributed by atoms with van der Waals surface area (Å²) in [6.07, 6.45) is 1.57. The van der Waals surface area contributed by atoms with Crippen molar-refractivity contribution in [2.75, 3.05) is 31.1 Å². The molecule has 1 aliphatic rings. The summed E-state index contributed by atoms with van der Waals surface area (Å²) in [6.45, 7) is 4.43. The van der Waals surface area contributed by atoms with Crippen molar-refractivity contribution in [1.29, 1.82) is 0 Å². The predicted octanol–water partition coefficient (Wildman–Crippen LogP) is 1.73. The van der Waals surface area contributed by atoms with Crippen molar-refractivity contribution < 1.29 is 9.59 Å². The van der Waals surface area contributed by atoms with Crippen LogP contribution in [0, 0.1) is 0 Å². The lowest BCUT2D eigenvalue weighted by atomic mass is 10.2. The maximum atomic E-state index is 12.4. The number of amides is 2. The van der Waals surface area contributed by atoms with Crippen molar-refractivity contribution in [2.24, 2.45) is 0 Å². The van der Waals surface area contributed by atoms with Crippen LogP contribution in [0.15, 0.2) is 36.5 Å². The number of hydrogen-bond donors (Lipinski definition) is 1. The van der Waals surface area contributed by atoms with E-state index in [2.05, 4.69) is 15.3 Å². The number of piperazine rings is 1. The molecule has 1 N–H and O–H groups in total. The van der Waals surface area contributed by atoms with Crippen LogP contribution in [0.1, 0.15) is 23.0 Å². The van der Waals surface area contributed by atoms with Gasteiger partial charge in [0.2, 0.25) is 11.9 Å². The smallest absolute Gasteiger partial charge is 0.270 e. The van der Waals surface area contributed by atoms with E-state index < -0.39 is 0 Å². The van der Waals surface area contributed by atoms with Gasteiger partial charge < -0.3 is 15.1 Å². The van der Waals surface area contributed by atoms with Gasteiger partial charge in [-0.25, -0.2) is 9.97 Å². The zero-order chi connectivity index (χ0) is 18.5. The topological polar surface area (TPSA) is 78.4 Å². The molecule has 7 nitrogen and oxygen atoms in total. The molecule has 2 heterocycles. The third-order valence-electron chi connectivity index (χ3n) is 4.28. The van der Waals surface area contributed by atoms with Crippen molar-refractivity contribution in [3.8, 4) is 0 Å². The fourth-order valence-corrected chi connectivity index (χ4v) is 2.96. The van der Waals surface area contributed by atoms with Crippen LogP contribution >= 0.6 is 11.6 Å². The molecule has 0 aliphatic carbocycles. The van der Waals surface area contributed by atoms with Crippen LogP contribution in [-0.2, 0) is 11.3 Å². The molecule has 3 rings (SSSR count). The Hall–Kier alpha value is -2.67. The van der Waals surface area contributed by atoms with Crippen molar-refractivity contribution in [3.05, 3.63) is 52.8 Å². The Labute approximate surface area is 157 Å². The molecule has 1 saturated heterocycles. The Kier molecular flexibility index (Phi) is 5.68. The molecule has 26 heavy (non-hydrogen) atoms. The van der Waals surface area contributed by atoms with E-state index in [1.165, 1.54) is 0 Å². The number of rotatable bonds is 4. The number of benzene rings is 1. The lowest BCUT2D eigenvalue weighted by Gasteiger charge is -2.34. The average Bonchev–Trinajstić information content (AvgIpc) is 2.67. The molecule has 1 fully saturated rings. The van der Waals surface area contributed by atoms with Gasteiger partial charge in [-0.1, -0.05) is 29.8 Å². The summed E-state index contributed by atoms with van der Waals surface area (Å²) in [5.74, 6) is 0.285. The van der Waals surface area contributed by atoms with Gasteiger partial charge >= 0.3 is 0 Å². The first kappa shape index (κ1) is 18.1. The van der Waals surface area contributed by atoms with Gasteiger partial charge in [-0.2, -0.15) is 0 Å². The number of halogens is 1. The quantitative estimate of drug-likeness (QED) is 0.883. The summed E-state index contributed by atoms with van der Waals surface area (Å²) >= 11 is 6.10. The van der Waals surface area contributed by atoms with Crippen molar-refractivity contribution in [1.82, 2.24) is 20.2 Å². The molecule has 136 valence electrons. The van der Waals surface area contributed by atoms with Crippen LogP contribution in [0.25, 0.3) is 0 Å².